The minimum Gasteiger partial charge on any atom is -0.452 e. The molecule has 0 N–H and O–H groups in total. The van der Waals surface area contributed by atoms with Gasteiger partial charge in [0.1, 0.15) is 11.6 Å². The van der Waals surface area contributed by atoms with Gasteiger partial charge in [-0.3, -0.25) is 0 Å². The molecule has 0 aliphatic rings. The van der Waals surface area contributed by atoms with Crippen LogP contribution in [-0.4, -0.2) is 21.0 Å². The summed E-state index contributed by atoms with van der Waals surface area (Å²) in [5.74, 6) is -0.468. The van der Waals surface area contributed by atoms with Gasteiger partial charge in [0.2, 0.25) is 0 Å². The number of halogens is 1. The van der Waals surface area contributed by atoms with Crippen molar-refractivity contribution in [3.05, 3.63) is 94.5 Å². The van der Waals surface area contributed by atoms with E-state index in [1.165, 1.54) is 5.56 Å². The second kappa shape index (κ2) is 8.45. The topological polar surface area (TPSA) is 57.0 Å². The molecule has 1 atom stereocenters. The zero-order valence-corrected chi connectivity index (χ0v) is 16.7. The number of aromatic nitrogens is 3. The number of benzene rings is 3. The van der Waals surface area contributed by atoms with Crippen molar-refractivity contribution in [2.24, 2.45) is 0 Å². The van der Waals surface area contributed by atoms with E-state index in [0.717, 1.165) is 23.0 Å². The van der Waals surface area contributed by atoms with E-state index in [0.29, 0.717) is 17.1 Å². The summed E-state index contributed by atoms with van der Waals surface area (Å²) in [7, 11) is 0. The third-order valence-corrected chi connectivity index (χ3v) is 5.19. The summed E-state index contributed by atoms with van der Waals surface area (Å²) in [5.41, 5.74) is 4.13. The fraction of sp³-hybridized carbons (Fsp3) is 0.174. The van der Waals surface area contributed by atoms with Crippen LogP contribution in [-0.2, 0) is 17.7 Å². The lowest BCUT2D eigenvalue weighted by Crippen LogP contribution is -2.18. The monoisotopic (exact) mass is 405 g/mol. The van der Waals surface area contributed by atoms with Crippen LogP contribution in [0, 0.1) is 0 Å². The molecule has 0 bridgehead atoms. The van der Waals surface area contributed by atoms with E-state index in [1.54, 1.807) is 28.9 Å². The third kappa shape index (κ3) is 4.15. The zero-order chi connectivity index (χ0) is 20.2. The SMILES string of the molecule is CCc1ccc(C(Cn2nnc3ccccc32)OC(=O)c2ccccc2Cl)cc1. The molecule has 1 heterocycles. The van der Waals surface area contributed by atoms with Gasteiger partial charge in [-0.1, -0.05) is 72.3 Å². The summed E-state index contributed by atoms with van der Waals surface area (Å²) < 4.78 is 7.64. The fourth-order valence-corrected chi connectivity index (χ4v) is 3.42. The van der Waals surface area contributed by atoms with Crippen LogP contribution >= 0.6 is 11.6 Å². The number of para-hydroxylation sites is 1. The summed E-state index contributed by atoms with van der Waals surface area (Å²) >= 11 is 6.18. The van der Waals surface area contributed by atoms with E-state index in [4.69, 9.17) is 16.3 Å². The van der Waals surface area contributed by atoms with Crippen LogP contribution in [0.5, 0.6) is 0 Å². The van der Waals surface area contributed by atoms with Crippen molar-refractivity contribution in [3.63, 3.8) is 0 Å². The van der Waals surface area contributed by atoms with Crippen molar-refractivity contribution in [2.45, 2.75) is 26.0 Å². The van der Waals surface area contributed by atoms with E-state index in [2.05, 4.69) is 17.2 Å². The van der Waals surface area contributed by atoms with Crippen LogP contribution in [0.4, 0.5) is 0 Å². The maximum absolute atomic E-state index is 12.8. The maximum Gasteiger partial charge on any atom is 0.340 e. The highest BCUT2D eigenvalue weighted by molar-refractivity contribution is 6.33. The third-order valence-electron chi connectivity index (χ3n) is 4.86. The van der Waals surface area contributed by atoms with Crippen molar-refractivity contribution in [1.29, 1.82) is 0 Å². The Kier molecular flexibility index (Phi) is 5.58. The normalized spacial score (nSPS) is 12.1. The number of aryl methyl sites for hydroxylation is 1. The molecule has 0 spiro atoms. The van der Waals surface area contributed by atoms with Crippen LogP contribution in [0.3, 0.4) is 0 Å². The van der Waals surface area contributed by atoms with Crippen molar-refractivity contribution in [3.8, 4) is 0 Å². The van der Waals surface area contributed by atoms with Crippen LogP contribution in [0.25, 0.3) is 11.0 Å². The van der Waals surface area contributed by atoms with Gasteiger partial charge >= 0.3 is 5.97 Å². The number of carbonyl (C=O) groups excluding carboxylic acids is 1. The van der Waals surface area contributed by atoms with Crippen LogP contribution < -0.4 is 0 Å². The van der Waals surface area contributed by atoms with Crippen LogP contribution in [0.2, 0.25) is 5.02 Å². The van der Waals surface area contributed by atoms with Crippen LogP contribution in [0.15, 0.2) is 72.8 Å². The molecule has 6 heteroatoms. The quantitative estimate of drug-likeness (QED) is 0.411. The molecule has 0 amide bonds. The molecule has 0 saturated carbocycles. The first-order valence-corrected chi connectivity index (χ1v) is 9.86. The lowest BCUT2D eigenvalue weighted by atomic mass is 10.1. The number of esters is 1. The van der Waals surface area contributed by atoms with Gasteiger partial charge in [-0.15, -0.1) is 5.10 Å². The van der Waals surface area contributed by atoms with Gasteiger partial charge in [0.05, 0.1) is 22.6 Å². The highest BCUT2D eigenvalue weighted by Gasteiger charge is 2.22. The molecule has 0 aliphatic carbocycles. The molecule has 0 aliphatic heterocycles. The molecule has 0 radical (unpaired) electrons. The summed E-state index contributed by atoms with van der Waals surface area (Å²) in [5, 5.41) is 8.80. The first kappa shape index (κ1) is 19.2. The molecule has 146 valence electrons. The molecule has 3 aromatic carbocycles. The molecule has 0 saturated heterocycles. The lowest BCUT2D eigenvalue weighted by Gasteiger charge is -2.19. The molecule has 29 heavy (non-hydrogen) atoms. The predicted octanol–water partition coefficient (Wildman–Crippen LogP) is 5.25. The van der Waals surface area contributed by atoms with Crippen molar-refractivity contribution >= 4 is 28.6 Å². The van der Waals surface area contributed by atoms with Gasteiger partial charge in [0, 0.05) is 0 Å². The Bertz CT molecular complexity index is 1140. The van der Waals surface area contributed by atoms with Gasteiger partial charge in [-0.25, -0.2) is 9.48 Å². The van der Waals surface area contributed by atoms with Gasteiger partial charge in [0.15, 0.2) is 0 Å². The average molecular weight is 406 g/mol. The van der Waals surface area contributed by atoms with E-state index in [9.17, 15) is 4.79 Å². The second-order valence-corrected chi connectivity index (χ2v) is 7.14. The fourth-order valence-electron chi connectivity index (χ4n) is 3.21. The molecule has 4 aromatic rings. The summed E-state index contributed by atoms with van der Waals surface area (Å²) in [6.07, 6.45) is 0.410. The molecule has 5 nitrogen and oxygen atoms in total. The molecule has 1 unspecified atom stereocenters. The smallest absolute Gasteiger partial charge is 0.340 e. The van der Waals surface area contributed by atoms with Crippen molar-refractivity contribution < 1.29 is 9.53 Å². The Balaban J connectivity index is 1.66. The Labute approximate surface area is 173 Å². The van der Waals surface area contributed by atoms with Gasteiger partial charge in [-0.2, -0.15) is 0 Å². The summed E-state index contributed by atoms with van der Waals surface area (Å²) in [6, 6.07) is 22.6. The Hall–Kier alpha value is -3.18. The number of hydrogen-bond donors (Lipinski definition) is 0. The van der Waals surface area contributed by atoms with Crippen molar-refractivity contribution in [1.82, 2.24) is 15.0 Å². The Morgan fingerprint density at radius 2 is 1.76 bits per heavy atom. The van der Waals surface area contributed by atoms with Crippen molar-refractivity contribution in [2.75, 3.05) is 0 Å². The Morgan fingerprint density at radius 1 is 1.03 bits per heavy atom. The van der Waals surface area contributed by atoms with E-state index >= 15 is 0 Å². The van der Waals surface area contributed by atoms with Crippen LogP contribution in [0.1, 0.15) is 34.5 Å². The lowest BCUT2D eigenvalue weighted by molar-refractivity contribution is 0.0248. The number of fused-ring (bicyclic) bond motifs is 1. The van der Waals surface area contributed by atoms with E-state index in [1.807, 2.05) is 48.5 Å². The van der Waals surface area contributed by atoms with E-state index < -0.39 is 12.1 Å². The molecule has 4 rings (SSSR count). The summed E-state index contributed by atoms with van der Waals surface area (Å²) in [6.45, 7) is 2.45. The minimum absolute atomic E-state index is 0.341. The molecule has 0 fully saturated rings. The molecular formula is C23H20ClN3O2. The summed E-state index contributed by atoms with van der Waals surface area (Å²) in [4.78, 5) is 12.8. The standard InChI is InChI=1S/C23H20ClN3O2/c1-2-16-11-13-17(14-12-16)22(29-23(28)18-7-3-4-8-19(18)24)15-27-21-10-6-5-9-20(21)25-26-27/h3-14,22H,2,15H2,1H3. The Morgan fingerprint density at radius 3 is 2.52 bits per heavy atom. The number of rotatable bonds is 6. The number of ether oxygens (including phenoxy) is 1. The minimum atomic E-state index is -0.533. The zero-order valence-electron chi connectivity index (χ0n) is 16.0. The van der Waals surface area contributed by atoms with Gasteiger partial charge < -0.3 is 4.74 Å². The number of hydrogen-bond acceptors (Lipinski definition) is 4. The first-order valence-electron chi connectivity index (χ1n) is 9.48. The average Bonchev–Trinajstić information content (AvgIpc) is 3.16. The highest BCUT2D eigenvalue weighted by atomic mass is 35.5. The highest BCUT2D eigenvalue weighted by Crippen LogP contribution is 2.25. The largest absolute Gasteiger partial charge is 0.452 e. The predicted molar refractivity (Wildman–Crippen MR) is 113 cm³/mol. The number of nitrogens with zero attached hydrogens (tertiary/aromatic N) is 3. The molecule has 1 aromatic heterocycles. The first-order chi connectivity index (χ1) is 14.2. The van der Waals surface area contributed by atoms with Gasteiger partial charge in [0.25, 0.3) is 0 Å². The second-order valence-electron chi connectivity index (χ2n) is 6.73. The number of carbonyl (C=O) groups is 1. The maximum atomic E-state index is 12.8. The molecular weight excluding hydrogens is 386 g/mol. The van der Waals surface area contributed by atoms with Gasteiger partial charge in [-0.05, 0) is 41.8 Å². The van der Waals surface area contributed by atoms with E-state index in [-0.39, 0.29) is 0 Å².